The number of hydrazone groups is 1. The van der Waals surface area contributed by atoms with Gasteiger partial charge in [-0.2, -0.15) is 5.10 Å². The highest BCUT2D eigenvalue weighted by atomic mass is 16.5. The molecule has 5 rings (SSSR count). The van der Waals surface area contributed by atoms with Crippen molar-refractivity contribution in [1.82, 2.24) is 14.8 Å². The zero-order chi connectivity index (χ0) is 26.5. The Morgan fingerprint density at radius 3 is 2.50 bits per heavy atom. The minimum Gasteiger partial charge on any atom is -0.497 e. The molecule has 3 aliphatic rings. The Labute approximate surface area is 223 Å². The van der Waals surface area contributed by atoms with E-state index < -0.39 is 0 Å². The first-order valence-electron chi connectivity index (χ1n) is 13.3. The molecule has 0 radical (unpaired) electrons. The summed E-state index contributed by atoms with van der Waals surface area (Å²) in [5.74, 6) is 1.26. The first-order chi connectivity index (χ1) is 18.6. The molecule has 1 saturated heterocycles. The zero-order valence-corrected chi connectivity index (χ0v) is 22.2. The second-order valence-electron chi connectivity index (χ2n) is 9.97. The molecule has 0 spiro atoms. The number of benzene rings is 2. The van der Waals surface area contributed by atoms with Crippen LogP contribution >= 0.6 is 0 Å². The fourth-order valence-electron chi connectivity index (χ4n) is 5.05. The third kappa shape index (κ3) is 6.00. The number of hydrogen-bond acceptors (Lipinski definition) is 7. The summed E-state index contributed by atoms with van der Waals surface area (Å²) in [6.45, 7) is 4.36. The predicted octanol–water partition coefficient (Wildman–Crippen LogP) is 2.95. The van der Waals surface area contributed by atoms with E-state index >= 15 is 0 Å². The third-order valence-corrected chi connectivity index (χ3v) is 7.42. The van der Waals surface area contributed by atoms with Gasteiger partial charge in [0.25, 0.3) is 5.91 Å². The lowest BCUT2D eigenvalue weighted by Gasteiger charge is -2.31. The summed E-state index contributed by atoms with van der Waals surface area (Å²) in [6.07, 6.45) is 2.34. The van der Waals surface area contributed by atoms with E-state index in [2.05, 4.69) is 4.90 Å². The van der Waals surface area contributed by atoms with Crippen LogP contribution in [0.1, 0.15) is 36.4 Å². The maximum atomic E-state index is 13.8. The lowest BCUT2D eigenvalue weighted by atomic mass is 9.98. The minimum atomic E-state index is -0.261. The van der Waals surface area contributed by atoms with E-state index in [1.54, 1.807) is 24.1 Å². The van der Waals surface area contributed by atoms with Crippen LogP contribution in [-0.2, 0) is 14.3 Å². The largest absolute Gasteiger partial charge is 0.497 e. The molecule has 2 aliphatic heterocycles. The number of carbonyl (C=O) groups excluding carboxylic acids is 2. The highest BCUT2D eigenvalue weighted by Gasteiger charge is 2.38. The van der Waals surface area contributed by atoms with Gasteiger partial charge in [0.05, 0.1) is 39.2 Å². The van der Waals surface area contributed by atoms with Gasteiger partial charge >= 0.3 is 0 Å². The van der Waals surface area contributed by atoms with Gasteiger partial charge in [-0.25, -0.2) is 5.01 Å². The number of ether oxygens (including phenoxy) is 3. The second-order valence-corrected chi connectivity index (χ2v) is 9.97. The number of nitrogens with zero attached hydrogens (tertiary/aromatic N) is 4. The Morgan fingerprint density at radius 2 is 1.82 bits per heavy atom. The summed E-state index contributed by atoms with van der Waals surface area (Å²) in [7, 11) is 3.22. The lowest BCUT2D eigenvalue weighted by molar-refractivity contribution is -0.142. The smallest absolute Gasteiger partial charge is 0.262 e. The summed E-state index contributed by atoms with van der Waals surface area (Å²) < 4.78 is 16.4. The van der Waals surface area contributed by atoms with E-state index in [1.807, 2.05) is 48.5 Å². The summed E-state index contributed by atoms with van der Waals surface area (Å²) in [6, 6.07) is 15.3. The molecule has 2 aromatic rings. The maximum absolute atomic E-state index is 13.8. The van der Waals surface area contributed by atoms with Gasteiger partial charge < -0.3 is 19.1 Å². The summed E-state index contributed by atoms with van der Waals surface area (Å²) in [5.41, 5.74) is 2.59. The van der Waals surface area contributed by atoms with E-state index in [4.69, 9.17) is 19.3 Å². The molecular weight excluding hydrogens is 484 g/mol. The summed E-state index contributed by atoms with van der Waals surface area (Å²) >= 11 is 0. The van der Waals surface area contributed by atoms with Crippen molar-refractivity contribution in [3.8, 4) is 11.5 Å². The van der Waals surface area contributed by atoms with Crippen LogP contribution in [0.2, 0.25) is 0 Å². The zero-order valence-electron chi connectivity index (χ0n) is 22.2. The average molecular weight is 521 g/mol. The molecule has 38 heavy (non-hydrogen) atoms. The van der Waals surface area contributed by atoms with Crippen molar-refractivity contribution >= 4 is 17.5 Å². The molecule has 1 unspecified atom stereocenters. The Balaban J connectivity index is 1.38. The highest BCUT2D eigenvalue weighted by Crippen LogP contribution is 2.36. The van der Waals surface area contributed by atoms with Crippen LogP contribution in [0.25, 0.3) is 0 Å². The number of morpholine rings is 1. The maximum Gasteiger partial charge on any atom is 0.262 e. The Hall–Kier alpha value is -3.43. The number of hydrogen-bond donors (Lipinski definition) is 0. The van der Waals surface area contributed by atoms with Crippen LogP contribution in [0.15, 0.2) is 53.6 Å². The molecule has 1 atom stereocenters. The predicted molar refractivity (Wildman–Crippen MR) is 143 cm³/mol. The van der Waals surface area contributed by atoms with Crippen molar-refractivity contribution in [3.63, 3.8) is 0 Å². The first-order valence-corrected chi connectivity index (χ1v) is 13.3. The van der Waals surface area contributed by atoms with E-state index in [9.17, 15) is 9.59 Å². The second kappa shape index (κ2) is 12.0. The Bertz CT molecular complexity index is 1160. The molecule has 1 saturated carbocycles. The topological polar surface area (TPSA) is 83.9 Å². The van der Waals surface area contributed by atoms with Gasteiger partial charge in [-0.05, 0) is 30.5 Å². The third-order valence-electron chi connectivity index (χ3n) is 7.42. The SMILES string of the molecule is COc1ccc(C2=NN(C(=O)CN(CCN3CCOCC3)C(=O)C3CC3)C(c3ccccc3)C2)c(OC)c1. The number of methoxy groups -OCH3 is 2. The van der Waals surface area contributed by atoms with E-state index in [1.165, 1.54) is 0 Å². The summed E-state index contributed by atoms with van der Waals surface area (Å²) in [4.78, 5) is 31.0. The fraction of sp³-hybridized carbons (Fsp3) is 0.483. The molecule has 2 aromatic carbocycles. The van der Waals surface area contributed by atoms with Crippen molar-refractivity contribution in [1.29, 1.82) is 0 Å². The van der Waals surface area contributed by atoms with E-state index in [0.29, 0.717) is 37.7 Å². The van der Waals surface area contributed by atoms with Gasteiger partial charge in [-0.1, -0.05) is 30.3 Å². The van der Waals surface area contributed by atoms with Crippen molar-refractivity contribution in [3.05, 3.63) is 59.7 Å². The quantitative estimate of drug-likeness (QED) is 0.479. The van der Waals surface area contributed by atoms with Gasteiger partial charge in [0.15, 0.2) is 0 Å². The van der Waals surface area contributed by atoms with Crippen molar-refractivity contribution in [2.75, 3.05) is 60.2 Å². The number of carbonyl (C=O) groups is 2. The molecule has 9 heteroatoms. The summed E-state index contributed by atoms with van der Waals surface area (Å²) in [5, 5.41) is 6.38. The van der Waals surface area contributed by atoms with Crippen molar-refractivity contribution in [2.45, 2.75) is 25.3 Å². The molecule has 0 aromatic heterocycles. The Morgan fingerprint density at radius 1 is 1.05 bits per heavy atom. The first kappa shape index (κ1) is 26.2. The Kier molecular flexibility index (Phi) is 8.24. The fourth-order valence-corrected chi connectivity index (χ4v) is 5.05. The normalized spacial score (nSPS) is 19.7. The van der Waals surface area contributed by atoms with E-state index in [-0.39, 0.29) is 30.3 Å². The van der Waals surface area contributed by atoms with E-state index in [0.717, 1.165) is 49.3 Å². The van der Waals surface area contributed by atoms with Gasteiger partial charge in [0.2, 0.25) is 5.91 Å². The van der Waals surface area contributed by atoms with Crippen molar-refractivity contribution < 1.29 is 23.8 Å². The van der Waals surface area contributed by atoms with Crippen LogP contribution in [0, 0.1) is 5.92 Å². The van der Waals surface area contributed by atoms with Gasteiger partial charge in [-0.3, -0.25) is 14.5 Å². The van der Waals surface area contributed by atoms with Crippen LogP contribution < -0.4 is 9.47 Å². The molecule has 0 bridgehead atoms. The van der Waals surface area contributed by atoms with Gasteiger partial charge in [0, 0.05) is 50.1 Å². The van der Waals surface area contributed by atoms with Gasteiger partial charge in [-0.15, -0.1) is 0 Å². The molecule has 9 nitrogen and oxygen atoms in total. The molecule has 0 N–H and O–H groups in total. The average Bonchev–Trinajstić information content (AvgIpc) is 3.73. The molecule has 2 fully saturated rings. The van der Waals surface area contributed by atoms with Crippen LogP contribution in [0.5, 0.6) is 11.5 Å². The molecule has 202 valence electrons. The number of rotatable bonds is 10. The highest BCUT2D eigenvalue weighted by molar-refractivity contribution is 6.05. The standard InChI is InChI=1S/C29H36N4O5/c1-36-23-10-11-24(27(18-23)37-2)25-19-26(21-6-4-3-5-7-21)33(30-25)28(34)20-32(29(35)22-8-9-22)13-12-31-14-16-38-17-15-31/h3-7,10-11,18,22,26H,8-9,12-17,19-20H2,1-2H3. The molecular formula is C29H36N4O5. The minimum absolute atomic E-state index is 0.0134. The number of amides is 2. The molecule has 2 heterocycles. The van der Waals surface area contributed by atoms with Crippen LogP contribution in [-0.4, -0.2) is 92.5 Å². The van der Waals surface area contributed by atoms with Gasteiger partial charge in [0.1, 0.15) is 18.0 Å². The lowest BCUT2D eigenvalue weighted by Crippen LogP contribution is -2.47. The van der Waals surface area contributed by atoms with Crippen LogP contribution in [0.3, 0.4) is 0 Å². The molecule has 2 amide bonds. The van der Waals surface area contributed by atoms with Crippen molar-refractivity contribution in [2.24, 2.45) is 11.0 Å². The van der Waals surface area contributed by atoms with Crippen LogP contribution in [0.4, 0.5) is 0 Å². The monoisotopic (exact) mass is 520 g/mol. The molecule has 1 aliphatic carbocycles.